The van der Waals surface area contributed by atoms with Crippen LogP contribution in [0.25, 0.3) is 0 Å². The van der Waals surface area contributed by atoms with Gasteiger partial charge in [0.15, 0.2) is 0 Å². The highest BCUT2D eigenvalue weighted by Gasteiger charge is 2.28. The number of carbonyl (C=O) groups is 3. The van der Waals surface area contributed by atoms with Crippen LogP contribution in [-0.4, -0.2) is 59.7 Å². The molecule has 2 fully saturated rings. The number of likely N-dealkylation sites (tertiary alicyclic amines) is 2. The smallest absolute Gasteiger partial charge is 0.253 e. The third-order valence-electron chi connectivity index (χ3n) is 5.91. The van der Waals surface area contributed by atoms with Gasteiger partial charge in [-0.15, -0.1) is 0 Å². The van der Waals surface area contributed by atoms with Crippen molar-refractivity contribution in [2.24, 2.45) is 11.7 Å². The van der Waals surface area contributed by atoms with Crippen LogP contribution in [0.3, 0.4) is 0 Å². The average Bonchev–Trinajstić information content (AvgIpc) is 2.94. The summed E-state index contributed by atoms with van der Waals surface area (Å²) >= 11 is 0. The summed E-state index contributed by atoms with van der Waals surface area (Å²) in [4.78, 5) is 40.5. The molecule has 2 saturated heterocycles. The van der Waals surface area contributed by atoms with Gasteiger partial charge in [-0.2, -0.15) is 0 Å². The molecule has 0 bridgehead atoms. The Hall–Kier alpha value is -2.41. The van der Waals surface area contributed by atoms with Gasteiger partial charge in [0.1, 0.15) is 0 Å². The van der Waals surface area contributed by atoms with Gasteiger partial charge >= 0.3 is 0 Å². The Morgan fingerprint density at radius 3 is 2.34 bits per heavy atom. The van der Waals surface area contributed by atoms with E-state index in [1.54, 1.807) is 4.90 Å². The molecule has 2 heterocycles. The molecule has 0 radical (unpaired) electrons. The van der Waals surface area contributed by atoms with Crippen LogP contribution in [0.15, 0.2) is 24.3 Å². The van der Waals surface area contributed by atoms with Crippen LogP contribution in [0.2, 0.25) is 0 Å². The summed E-state index contributed by atoms with van der Waals surface area (Å²) in [5.74, 6) is -0.264. The molecule has 1 aromatic carbocycles. The Morgan fingerprint density at radius 1 is 1.00 bits per heavy atom. The second-order valence-electron chi connectivity index (χ2n) is 8.23. The van der Waals surface area contributed by atoms with Crippen LogP contribution in [0.4, 0.5) is 0 Å². The van der Waals surface area contributed by atoms with E-state index in [0.29, 0.717) is 31.6 Å². The Kier molecular flexibility index (Phi) is 7.25. The first-order chi connectivity index (χ1) is 13.9. The average molecular weight is 401 g/mol. The predicted octanol–water partition coefficient (Wildman–Crippen LogP) is 1.51. The van der Waals surface area contributed by atoms with Crippen molar-refractivity contribution < 1.29 is 14.4 Å². The third-order valence-corrected chi connectivity index (χ3v) is 5.91. The highest BCUT2D eigenvalue weighted by Crippen LogP contribution is 2.17. The van der Waals surface area contributed by atoms with E-state index in [1.165, 1.54) is 13.3 Å². The lowest BCUT2D eigenvalue weighted by Crippen LogP contribution is -2.42. The van der Waals surface area contributed by atoms with E-state index in [9.17, 15) is 14.4 Å². The number of hydrogen-bond donors (Lipinski definition) is 2. The molecule has 3 amide bonds. The summed E-state index contributed by atoms with van der Waals surface area (Å²) in [6.45, 7) is 4.50. The van der Waals surface area contributed by atoms with Gasteiger partial charge in [-0.25, -0.2) is 0 Å². The number of nitrogens with one attached hydrogen (secondary N) is 1. The summed E-state index contributed by atoms with van der Waals surface area (Å²) in [7, 11) is 0. The Balaban J connectivity index is 1.53. The Labute approximate surface area is 172 Å². The van der Waals surface area contributed by atoms with E-state index in [4.69, 9.17) is 5.73 Å². The summed E-state index contributed by atoms with van der Waals surface area (Å²) in [5, 5.41) is 2.97. The van der Waals surface area contributed by atoms with Gasteiger partial charge in [0, 0.05) is 51.3 Å². The molecule has 2 aliphatic heterocycles. The van der Waals surface area contributed by atoms with Crippen molar-refractivity contribution in [1.82, 2.24) is 15.1 Å². The lowest BCUT2D eigenvalue weighted by molar-refractivity contribution is -0.131. The van der Waals surface area contributed by atoms with Crippen LogP contribution < -0.4 is 11.1 Å². The van der Waals surface area contributed by atoms with E-state index >= 15 is 0 Å². The Morgan fingerprint density at radius 2 is 1.69 bits per heavy atom. The number of benzene rings is 1. The summed E-state index contributed by atoms with van der Waals surface area (Å²) in [6, 6.07) is 7.37. The second-order valence-corrected chi connectivity index (χ2v) is 8.23. The minimum absolute atomic E-state index is 0.0471. The fraction of sp³-hybridized carbons (Fsp3) is 0.591. The van der Waals surface area contributed by atoms with Crippen molar-refractivity contribution in [2.75, 3.05) is 26.2 Å². The summed E-state index contributed by atoms with van der Waals surface area (Å²) < 4.78 is 0. The molecule has 3 rings (SSSR count). The van der Waals surface area contributed by atoms with E-state index in [2.05, 4.69) is 5.32 Å². The standard InChI is InChI=1S/C22H32N4O3/c1-16(27)26-14-19(9-10-20(23)15-26)21(28)24-13-17-5-7-18(8-6-17)22(29)25-11-3-2-4-12-25/h5-8,19-20H,2-4,9-15,23H2,1H3,(H,24,28)/t19-,20+/m1/s1. The quantitative estimate of drug-likeness (QED) is 0.801. The minimum Gasteiger partial charge on any atom is -0.352 e. The number of nitrogens with zero attached hydrogens (tertiary/aromatic N) is 2. The first-order valence-corrected chi connectivity index (χ1v) is 10.6. The maximum Gasteiger partial charge on any atom is 0.253 e. The number of carbonyl (C=O) groups excluding carboxylic acids is 3. The third kappa shape index (κ3) is 5.79. The van der Waals surface area contributed by atoms with E-state index < -0.39 is 0 Å². The molecular formula is C22H32N4O3. The highest BCUT2D eigenvalue weighted by atomic mass is 16.2. The zero-order valence-electron chi connectivity index (χ0n) is 17.2. The largest absolute Gasteiger partial charge is 0.352 e. The molecular weight excluding hydrogens is 368 g/mol. The number of nitrogens with two attached hydrogens (primary N) is 1. The number of hydrogen-bond acceptors (Lipinski definition) is 4. The van der Waals surface area contributed by atoms with Crippen molar-refractivity contribution in [3.05, 3.63) is 35.4 Å². The molecule has 1 aromatic rings. The summed E-state index contributed by atoms with van der Waals surface area (Å²) in [5.41, 5.74) is 7.66. The fourth-order valence-electron chi connectivity index (χ4n) is 4.07. The maximum atomic E-state index is 12.6. The normalized spacial score (nSPS) is 22.7. The first-order valence-electron chi connectivity index (χ1n) is 10.6. The van der Waals surface area contributed by atoms with Crippen molar-refractivity contribution in [3.63, 3.8) is 0 Å². The molecule has 0 saturated carbocycles. The van der Waals surface area contributed by atoms with Crippen LogP contribution >= 0.6 is 0 Å². The Bertz CT molecular complexity index is 728. The van der Waals surface area contributed by atoms with Gasteiger partial charge in [-0.05, 0) is 49.8 Å². The van der Waals surface area contributed by atoms with E-state index in [1.807, 2.05) is 29.2 Å². The predicted molar refractivity (Wildman–Crippen MR) is 111 cm³/mol. The van der Waals surface area contributed by atoms with Crippen molar-refractivity contribution in [1.29, 1.82) is 0 Å². The lowest BCUT2D eigenvalue weighted by atomic mass is 10.0. The lowest BCUT2D eigenvalue weighted by Gasteiger charge is -2.26. The minimum atomic E-state index is -0.243. The highest BCUT2D eigenvalue weighted by molar-refractivity contribution is 5.94. The van der Waals surface area contributed by atoms with Gasteiger partial charge in [0.05, 0.1) is 5.92 Å². The van der Waals surface area contributed by atoms with Gasteiger partial charge in [-0.3, -0.25) is 14.4 Å². The van der Waals surface area contributed by atoms with Crippen LogP contribution in [0, 0.1) is 5.92 Å². The molecule has 3 N–H and O–H groups in total. The van der Waals surface area contributed by atoms with Gasteiger partial charge in [-0.1, -0.05) is 12.1 Å². The van der Waals surface area contributed by atoms with Gasteiger partial charge in [0.2, 0.25) is 11.8 Å². The maximum absolute atomic E-state index is 12.6. The zero-order chi connectivity index (χ0) is 20.8. The SMILES string of the molecule is CC(=O)N1C[C@@H](N)CC[C@@H](C(=O)NCc2ccc(C(=O)N3CCCCC3)cc2)C1. The van der Waals surface area contributed by atoms with Crippen molar-refractivity contribution in [3.8, 4) is 0 Å². The molecule has 2 atom stereocenters. The number of piperidine rings is 1. The molecule has 0 spiro atoms. The zero-order valence-corrected chi connectivity index (χ0v) is 17.2. The topological polar surface area (TPSA) is 95.7 Å². The molecule has 0 aromatic heterocycles. The fourth-order valence-corrected chi connectivity index (χ4v) is 4.07. The molecule has 2 aliphatic rings. The van der Waals surface area contributed by atoms with Crippen molar-refractivity contribution >= 4 is 17.7 Å². The molecule has 158 valence electrons. The van der Waals surface area contributed by atoms with Crippen LogP contribution in [0.5, 0.6) is 0 Å². The van der Waals surface area contributed by atoms with Gasteiger partial charge in [0.25, 0.3) is 5.91 Å². The molecule has 7 nitrogen and oxygen atoms in total. The van der Waals surface area contributed by atoms with Gasteiger partial charge < -0.3 is 20.9 Å². The van der Waals surface area contributed by atoms with Crippen LogP contribution in [0.1, 0.15) is 54.9 Å². The first kappa shape index (κ1) is 21.3. The number of amides is 3. The molecule has 29 heavy (non-hydrogen) atoms. The van der Waals surface area contributed by atoms with E-state index in [-0.39, 0.29) is 29.7 Å². The monoisotopic (exact) mass is 400 g/mol. The second kappa shape index (κ2) is 9.87. The molecule has 0 unspecified atom stereocenters. The summed E-state index contributed by atoms with van der Waals surface area (Å²) in [6.07, 6.45) is 4.75. The molecule has 0 aliphatic carbocycles. The van der Waals surface area contributed by atoms with Crippen LogP contribution in [-0.2, 0) is 16.1 Å². The molecule has 7 heteroatoms. The van der Waals surface area contributed by atoms with E-state index in [0.717, 1.165) is 37.9 Å². The number of rotatable bonds is 4. The van der Waals surface area contributed by atoms with Crippen molar-refractivity contribution in [2.45, 2.75) is 51.6 Å².